The molecule has 0 saturated heterocycles. The van der Waals surface area contributed by atoms with E-state index in [1.165, 1.54) is 23.5 Å². The fourth-order valence-electron chi connectivity index (χ4n) is 2.88. The minimum atomic E-state index is -4.37. The van der Waals surface area contributed by atoms with Crippen molar-refractivity contribution < 1.29 is 22.7 Å². The van der Waals surface area contributed by atoms with Crippen molar-refractivity contribution in [1.29, 1.82) is 0 Å². The van der Waals surface area contributed by atoms with E-state index in [1.807, 2.05) is 38.1 Å². The van der Waals surface area contributed by atoms with Gasteiger partial charge in [0.05, 0.1) is 30.3 Å². The number of hydrogen-bond donors (Lipinski definition) is 1. The van der Waals surface area contributed by atoms with Crippen molar-refractivity contribution in [3.05, 3.63) is 70.7 Å². The van der Waals surface area contributed by atoms with Crippen molar-refractivity contribution in [3.8, 4) is 16.3 Å². The first-order valence-corrected chi connectivity index (χ1v) is 10.3. The molecule has 0 aliphatic carbocycles. The molecule has 0 aliphatic heterocycles. The minimum absolute atomic E-state index is 0.0957. The van der Waals surface area contributed by atoms with E-state index in [2.05, 4.69) is 10.3 Å². The molecule has 0 bridgehead atoms. The molecule has 30 heavy (non-hydrogen) atoms. The topological polar surface area (TPSA) is 51.2 Å². The molecule has 0 radical (unpaired) electrons. The Hall–Kier alpha value is -2.87. The van der Waals surface area contributed by atoms with Gasteiger partial charge in [-0.2, -0.15) is 13.2 Å². The molecule has 2 aromatic carbocycles. The lowest BCUT2D eigenvalue weighted by Crippen LogP contribution is -2.28. The number of amides is 1. The second-order valence-electron chi connectivity index (χ2n) is 6.69. The molecule has 0 saturated carbocycles. The fraction of sp³-hybridized carbons (Fsp3) is 0.273. The molecule has 1 aromatic heterocycles. The smallest absolute Gasteiger partial charge is 0.416 e. The predicted octanol–water partition coefficient (Wildman–Crippen LogP) is 5.65. The highest BCUT2D eigenvalue weighted by Gasteiger charge is 2.30. The summed E-state index contributed by atoms with van der Waals surface area (Å²) in [5, 5.41) is 5.25. The van der Waals surface area contributed by atoms with E-state index in [1.54, 1.807) is 5.38 Å². The van der Waals surface area contributed by atoms with Gasteiger partial charge in [-0.05, 0) is 43.7 Å². The van der Waals surface area contributed by atoms with Crippen molar-refractivity contribution in [1.82, 2.24) is 10.3 Å². The normalized spacial score (nSPS) is 12.4. The Balaban J connectivity index is 1.59. The van der Waals surface area contributed by atoms with Crippen LogP contribution in [0.5, 0.6) is 5.75 Å². The number of nitrogens with zero attached hydrogens (tertiary/aromatic N) is 1. The third-order valence-corrected chi connectivity index (χ3v) is 5.36. The van der Waals surface area contributed by atoms with Gasteiger partial charge in [0.1, 0.15) is 10.8 Å². The lowest BCUT2D eigenvalue weighted by atomic mass is 10.1. The third-order valence-electron chi connectivity index (χ3n) is 4.42. The zero-order valence-electron chi connectivity index (χ0n) is 16.5. The van der Waals surface area contributed by atoms with Gasteiger partial charge in [0.25, 0.3) is 0 Å². The van der Waals surface area contributed by atoms with Gasteiger partial charge < -0.3 is 10.1 Å². The lowest BCUT2D eigenvalue weighted by Gasteiger charge is -2.14. The summed E-state index contributed by atoms with van der Waals surface area (Å²) in [6.07, 6.45) is -4.27. The highest BCUT2D eigenvalue weighted by atomic mass is 32.1. The number of carbonyl (C=O) groups is 1. The van der Waals surface area contributed by atoms with Crippen LogP contribution in [0.15, 0.2) is 53.9 Å². The molecule has 1 atom stereocenters. The summed E-state index contributed by atoms with van der Waals surface area (Å²) in [5.41, 5.74) is 1.41. The Bertz CT molecular complexity index is 983. The Morgan fingerprint density at radius 3 is 2.40 bits per heavy atom. The molecule has 4 nitrogen and oxygen atoms in total. The van der Waals surface area contributed by atoms with E-state index < -0.39 is 11.7 Å². The monoisotopic (exact) mass is 434 g/mol. The van der Waals surface area contributed by atoms with Gasteiger partial charge in [0, 0.05) is 10.9 Å². The molecule has 0 aliphatic rings. The molecule has 3 rings (SSSR count). The van der Waals surface area contributed by atoms with E-state index in [0.717, 1.165) is 23.4 Å². The zero-order valence-corrected chi connectivity index (χ0v) is 17.3. The number of rotatable bonds is 7. The van der Waals surface area contributed by atoms with Crippen LogP contribution >= 0.6 is 11.3 Å². The Labute approximate surface area is 176 Å². The molecule has 1 heterocycles. The predicted molar refractivity (Wildman–Crippen MR) is 110 cm³/mol. The molecule has 8 heteroatoms. The quantitative estimate of drug-likeness (QED) is 0.523. The molecule has 1 amide bonds. The van der Waals surface area contributed by atoms with E-state index in [-0.39, 0.29) is 18.4 Å². The standard InChI is InChI=1S/C22H21F3N2O2S/c1-3-29-19-10-6-15(7-11-19)14(2)26-20(28)12-18-13-30-21(27-18)16-4-8-17(9-5-16)22(23,24)25/h4-11,13-14H,3,12H2,1-2H3,(H,26,28). The molecule has 0 spiro atoms. The van der Waals surface area contributed by atoms with E-state index in [4.69, 9.17) is 4.74 Å². The van der Waals surface area contributed by atoms with Crippen LogP contribution in [0.3, 0.4) is 0 Å². The van der Waals surface area contributed by atoms with Gasteiger partial charge in [0.15, 0.2) is 0 Å². The molecule has 1 N–H and O–H groups in total. The third kappa shape index (κ3) is 5.60. The van der Waals surface area contributed by atoms with Gasteiger partial charge in [-0.25, -0.2) is 4.98 Å². The van der Waals surface area contributed by atoms with Gasteiger partial charge in [0.2, 0.25) is 5.91 Å². The van der Waals surface area contributed by atoms with Gasteiger partial charge >= 0.3 is 6.18 Å². The second kappa shape index (κ2) is 9.30. The van der Waals surface area contributed by atoms with Gasteiger partial charge in [-0.1, -0.05) is 24.3 Å². The number of thiazole rings is 1. The van der Waals surface area contributed by atoms with Crippen LogP contribution in [0, 0.1) is 0 Å². The SMILES string of the molecule is CCOc1ccc(C(C)NC(=O)Cc2csc(-c3ccc(C(F)(F)F)cc3)n2)cc1. The van der Waals surface area contributed by atoms with Crippen molar-refractivity contribution in [2.24, 2.45) is 0 Å². The van der Waals surface area contributed by atoms with Crippen LogP contribution in [0.1, 0.15) is 36.7 Å². The Kier molecular flexibility index (Phi) is 6.77. The number of nitrogens with one attached hydrogen (secondary N) is 1. The van der Waals surface area contributed by atoms with E-state index in [0.29, 0.717) is 22.9 Å². The van der Waals surface area contributed by atoms with Crippen LogP contribution < -0.4 is 10.1 Å². The fourth-order valence-corrected chi connectivity index (χ4v) is 3.71. The van der Waals surface area contributed by atoms with Gasteiger partial charge in [-0.3, -0.25) is 4.79 Å². The summed E-state index contributed by atoms with van der Waals surface area (Å²) >= 11 is 1.29. The van der Waals surface area contributed by atoms with Crippen LogP contribution in [-0.2, 0) is 17.4 Å². The average Bonchev–Trinajstić information content (AvgIpc) is 3.16. The maximum atomic E-state index is 12.7. The summed E-state index contributed by atoms with van der Waals surface area (Å²) in [6.45, 7) is 4.40. The minimum Gasteiger partial charge on any atom is -0.494 e. The second-order valence-corrected chi connectivity index (χ2v) is 7.55. The van der Waals surface area contributed by atoms with Crippen LogP contribution in [0.2, 0.25) is 0 Å². The number of ether oxygens (including phenoxy) is 1. The highest BCUT2D eigenvalue weighted by Crippen LogP contribution is 2.31. The van der Waals surface area contributed by atoms with E-state index >= 15 is 0 Å². The first-order chi connectivity index (χ1) is 14.3. The first-order valence-electron chi connectivity index (χ1n) is 9.40. The zero-order chi connectivity index (χ0) is 21.7. The van der Waals surface area contributed by atoms with Gasteiger partial charge in [-0.15, -0.1) is 11.3 Å². The Morgan fingerprint density at radius 1 is 1.13 bits per heavy atom. The van der Waals surface area contributed by atoms with E-state index in [9.17, 15) is 18.0 Å². The Morgan fingerprint density at radius 2 is 1.80 bits per heavy atom. The van der Waals surface area contributed by atoms with Crippen molar-refractivity contribution >= 4 is 17.2 Å². The maximum absolute atomic E-state index is 12.7. The molecular formula is C22H21F3N2O2S. The largest absolute Gasteiger partial charge is 0.494 e. The molecular weight excluding hydrogens is 413 g/mol. The van der Waals surface area contributed by atoms with Crippen molar-refractivity contribution in [2.45, 2.75) is 32.5 Å². The number of carbonyl (C=O) groups excluding carboxylic acids is 1. The molecule has 1 unspecified atom stereocenters. The molecule has 158 valence electrons. The molecule has 0 fully saturated rings. The van der Waals surface area contributed by atoms with Crippen LogP contribution in [0.4, 0.5) is 13.2 Å². The summed E-state index contributed by atoms with van der Waals surface area (Å²) in [7, 11) is 0. The summed E-state index contributed by atoms with van der Waals surface area (Å²) < 4.78 is 43.5. The highest BCUT2D eigenvalue weighted by molar-refractivity contribution is 7.13. The van der Waals surface area contributed by atoms with Crippen LogP contribution in [-0.4, -0.2) is 17.5 Å². The van der Waals surface area contributed by atoms with Crippen molar-refractivity contribution in [3.63, 3.8) is 0 Å². The summed E-state index contributed by atoms with van der Waals surface area (Å²) in [5.74, 6) is 0.596. The van der Waals surface area contributed by atoms with Crippen LogP contribution in [0.25, 0.3) is 10.6 Å². The lowest BCUT2D eigenvalue weighted by molar-refractivity contribution is -0.137. The summed E-state index contributed by atoms with van der Waals surface area (Å²) in [4.78, 5) is 16.8. The number of benzene rings is 2. The average molecular weight is 434 g/mol. The first kappa shape index (κ1) is 21.8. The number of hydrogen-bond acceptors (Lipinski definition) is 4. The number of alkyl halides is 3. The summed E-state index contributed by atoms with van der Waals surface area (Å²) in [6, 6.07) is 12.2. The number of aromatic nitrogens is 1. The molecule has 3 aromatic rings. The maximum Gasteiger partial charge on any atom is 0.416 e. The number of halogens is 3. The van der Waals surface area contributed by atoms with Crippen molar-refractivity contribution in [2.75, 3.05) is 6.61 Å².